The summed E-state index contributed by atoms with van der Waals surface area (Å²) in [6, 6.07) is 13.2. The maximum Gasteiger partial charge on any atom is 0.255 e. The van der Waals surface area contributed by atoms with Crippen molar-refractivity contribution in [3.63, 3.8) is 0 Å². The molecule has 1 fully saturated rings. The van der Waals surface area contributed by atoms with Crippen molar-refractivity contribution in [1.82, 2.24) is 10.1 Å². The molecule has 0 radical (unpaired) electrons. The van der Waals surface area contributed by atoms with E-state index in [1.807, 2.05) is 44.2 Å². The molecular weight excluding hydrogens is 326 g/mol. The second-order valence-electron chi connectivity index (χ2n) is 6.92. The second kappa shape index (κ2) is 6.75. The molecule has 2 aromatic carbocycles. The summed E-state index contributed by atoms with van der Waals surface area (Å²) in [5, 5.41) is 7.02. The monoisotopic (exact) mass is 347 g/mol. The largest absolute Gasteiger partial charge is 0.339 e. The lowest BCUT2D eigenvalue weighted by atomic mass is 9.85. The number of hydrogen-bond acceptors (Lipinski definition) is 4. The Morgan fingerprint density at radius 2 is 1.96 bits per heavy atom. The average molecular weight is 347 g/mol. The summed E-state index contributed by atoms with van der Waals surface area (Å²) in [5.74, 6) is 1.48. The van der Waals surface area contributed by atoms with Crippen molar-refractivity contribution in [3.05, 3.63) is 65.0 Å². The van der Waals surface area contributed by atoms with Gasteiger partial charge in [-0.1, -0.05) is 29.8 Å². The van der Waals surface area contributed by atoms with E-state index in [1.165, 1.54) is 12.0 Å². The summed E-state index contributed by atoms with van der Waals surface area (Å²) >= 11 is 0. The van der Waals surface area contributed by atoms with Crippen LogP contribution in [0.15, 0.2) is 47.0 Å². The normalized spacial score (nSPS) is 14.1. The molecule has 0 bridgehead atoms. The Labute approximate surface area is 152 Å². The highest BCUT2D eigenvalue weighted by atomic mass is 16.5. The van der Waals surface area contributed by atoms with Crippen molar-refractivity contribution in [1.29, 1.82) is 0 Å². The van der Waals surface area contributed by atoms with E-state index in [0.29, 0.717) is 23.2 Å². The Kier molecular flexibility index (Phi) is 4.29. The topological polar surface area (TPSA) is 68.0 Å². The summed E-state index contributed by atoms with van der Waals surface area (Å²) in [5.41, 5.74) is 4.48. The molecule has 1 saturated carbocycles. The molecule has 0 unspecified atom stereocenters. The van der Waals surface area contributed by atoms with Crippen LogP contribution in [-0.2, 0) is 0 Å². The fraction of sp³-hybridized carbons (Fsp3) is 0.286. The zero-order chi connectivity index (χ0) is 18.1. The van der Waals surface area contributed by atoms with E-state index < -0.39 is 0 Å². The maximum atomic E-state index is 12.6. The Morgan fingerprint density at radius 1 is 1.12 bits per heavy atom. The predicted octanol–water partition coefficient (Wildman–Crippen LogP) is 4.87. The average Bonchev–Trinajstić information content (AvgIpc) is 3.06. The highest BCUT2D eigenvalue weighted by Crippen LogP contribution is 2.36. The minimum absolute atomic E-state index is 0.155. The van der Waals surface area contributed by atoms with Gasteiger partial charge in [-0.25, -0.2) is 0 Å². The number of hydrogen-bond donors (Lipinski definition) is 1. The fourth-order valence-electron chi connectivity index (χ4n) is 3.00. The number of carbonyl (C=O) groups excluding carboxylic acids is 1. The van der Waals surface area contributed by atoms with Crippen molar-refractivity contribution in [2.24, 2.45) is 0 Å². The van der Waals surface area contributed by atoms with E-state index in [1.54, 1.807) is 12.1 Å². The Morgan fingerprint density at radius 3 is 2.69 bits per heavy atom. The van der Waals surface area contributed by atoms with Crippen molar-refractivity contribution < 1.29 is 9.32 Å². The van der Waals surface area contributed by atoms with Crippen LogP contribution in [0.1, 0.15) is 52.6 Å². The van der Waals surface area contributed by atoms with E-state index >= 15 is 0 Å². The molecule has 1 aliphatic rings. The minimum Gasteiger partial charge on any atom is -0.339 e. The molecule has 26 heavy (non-hydrogen) atoms. The van der Waals surface area contributed by atoms with Crippen LogP contribution in [0.25, 0.3) is 11.4 Å². The molecule has 1 N–H and O–H groups in total. The lowest BCUT2D eigenvalue weighted by Crippen LogP contribution is -2.12. The number of anilines is 1. The van der Waals surface area contributed by atoms with Crippen LogP contribution < -0.4 is 5.32 Å². The van der Waals surface area contributed by atoms with Gasteiger partial charge in [0.2, 0.25) is 11.7 Å². The number of rotatable bonds is 4. The molecule has 0 saturated heterocycles. The quantitative estimate of drug-likeness (QED) is 0.731. The zero-order valence-electron chi connectivity index (χ0n) is 15.0. The number of amides is 1. The van der Waals surface area contributed by atoms with Gasteiger partial charge in [0.15, 0.2) is 0 Å². The van der Waals surface area contributed by atoms with Crippen LogP contribution in [0.2, 0.25) is 0 Å². The van der Waals surface area contributed by atoms with Gasteiger partial charge in [-0.05, 0) is 62.1 Å². The number of nitrogens with one attached hydrogen (secondary N) is 1. The smallest absolute Gasteiger partial charge is 0.255 e. The Hall–Kier alpha value is -2.95. The maximum absolute atomic E-state index is 12.6. The summed E-state index contributed by atoms with van der Waals surface area (Å²) in [6.07, 6.45) is 3.44. The van der Waals surface area contributed by atoms with Crippen molar-refractivity contribution in [2.45, 2.75) is 39.0 Å². The molecular formula is C21H21N3O2. The van der Waals surface area contributed by atoms with Gasteiger partial charge in [0.05, 0.1) is 0 Å². The summed E-state index contributed by atoms with van der Waals surface area (Å²) in [4.78, 5) is 17.1. The number of aryl methyl sites for hydroxylation is 2. The number of carbonyl (C=O) groups is 1. The van der Waals surface area contributed by atoms with Crippen LogP contribution >= 0.6 is 0 Å². The molecule has 0 atom stereocenters. The molecule has 1 amide bonds. The molecule has 0 aliphatic heterocycles. The Bertz CT molecular complexity index is 957. The zero-order valence-corrected chi connectivity index (χ0v) is 15.0. The molecule has 132 valence electrons. The molecule has 1 aliphatic carbocycles. The number of nitrogens with zero attached hydrogens (tertiary/aromatic N) is 2. The molecule has 1 heterocycles. The standard InChI is InChI=1S/C21H21N3O2/c1-13-9-10-18(11-14(13)2)22-20(25)17-8-4-7-16(12-17)19-23-21(26-24-19)15-5-3-6-15/h4,7-12,15H,3,5-6H2,1-2H3,(H,22,25). The first-order valence-corrected chi connectivity index (χ1v) is 8.93. The minimum atomic E-state index is -0.155. The first kappa shape index (κ1) is 16.5. The van der Waals surface area contributed by atoms with E-state index in [0.717, 1.165) is 29.7 Å². The van der Waals surface area contributed by atoms with E-state index in [4.69, 9.17) is 4.52 Å². The van der Waals surface area contributed by atoms with E-state index in [-0.39, 0.29) is 5.91 Å². The predicted molar refractivity (Wildman–Crippen MR) is 100 cm³/mol. The summed E-state index contributed by atoms with van der Waals surface area (Å²) in [6.45, 7) is 4.08. The van der Waals surface area contributed by atoms with Gasteiger partial charge in [-0.15, -0.1) is 0 Å². The third kappa shape index (κ3) is 3.25. The van der Waals surface area contributed by atoms with Gasteiger partial charge in [0.1, 0.15) is 0 Å². The van der Waals surface area contributed by atoms with Crippen LogP contribution in [0.4, 0.5) is 5.69 Å². The van der Waals surface area contributed by atoms with Crippen molar-refractivity contribution in [3.8, 4) is 11.4 Å². The molecule has 4 rings (SSSR count). The SMILES string of the molecule is Cc1ccc(NC(=O)c2cccc(-c3noc(C4CCC4)n3)c2)cc1C. The highest BCUT2D eigenvalue weighted by Gasteiger charge is 2.25. The van der Waals surface area contributed by atoms with E-state index in [9.17, 15) is 4.79 Å². The van der Waals surface area contributed by atoms with Gasteiger partial charge < -0.3 is 9.84 Å². The lowest BCUT2D eigenvalue weighted by Gasteiger charge is -2.20. The Balaban J connectivity index is 1.53. The molecule has 3 aromatic rings. The number of aromatic nitrogens is 2. The highest BCUT2D eigenvalue weighted by molar-refractivity contribution is 6.04. The lowest BCUT2D eigenvalue weighted by molar-refractivity contribution is 0.102. The van der Waals surface area contributed by atoms with Gasteiger partial charge in [-0.3, -0.25) is 4.79 Å². The number of benzene rings is 2. The molecule has 5 nitrogen and oxygen atoms in total. The van der Waals surface area contributed by atoms with Gasteiger partial charge in [0, 0.05) is 22.7 Å². The van der Waals surface area contributed by atoms with Gasteiger partial charge >= 0.3 is 0 Å². The third-order valence-electron chi connectivity index (χ3n) is 5.04. The second-order valence-corrected chi connectivity index (χ2v) is 6.92. The summed E-state index contributed by atoms with van der Waals surface area (Å²) < 4.78 is 5.38. The fourth-order valence-corrected chi connectivity index (χ4v) is 3.00. The third-order valence-corrected chi connectivity index (χ3v) is 5.04. The molecule has 5 heteroatoms. The van der Waals surface area contributed by atoms with E-state index in [2.05, 4.69) is 15.5 Å². The van der Waals surface area contributed by atoms with Crippen molar-refractivity contribution >= 4 is 11.6 Å². The van der Waals surface area contributed by atoms with Crippen LogP contribution in [0.5, 0.6) is 0 Å². The van der Waals surface area contributed by atoms with Crippen molar-refractivity contribution in [2.75, 3.05) is 5.32 Å². The van der Waals surface area contributed by atoms with Gasteiger partial charge in [-0.2, -0.15) is 4.98 Å². The van der Waals surface area contributed by atoms with Crippen LogP contribution in [0, 0.1) is 13.8 Å². The first-order chi connectivity index (χ1) is 12.6. The first-order valence-electron chi connectivity index (χ1n) is 8.93. The van der Waals surface area contributed by atoms with Crippen LogP contribution in [-0.4, -0.2) is 16.0 Å². The molecule has 1 aromatic heterocycles. The van der Waals surface area contributed by atoms with Crippen LogP contribution in [0.3, 0.4) is 0 Å². The van der Waals surface area contributed by atoms with Gasteiger partial charge in [0.25, 0.3) is 5.91 Å². The summed E-state index contributed by atoms with van der Waals surface area (Å²) in [7, 11) is 0. The molecule has 0 spiro atoms.